The number of nitro groups is 1. The summed E-state index contributed by atoms with van der Waals surface area (Å²) in [4.78, 5) is 35.9. The summed E-state index contributed by atoms with van der Waals surface area (Å²) in [6, 6.07) is 2.72. The lowest BCUT2D eigenvalue weighted by atomic mass is 9.48. The summed E-state index contributed by atoms with van der Waals surface area (Å²) < 4.78 is 15.6. The lowest BCUT2D eigenvalue weighted by Crippen LogP contribution is -2.51. The van der Waals surface area contributed by atoms with E-state index in [2.05, 4.69) is 0 Å². The molecule has 8 nitrogen and oxygen atoms in total. The maximum Gasteiger partial charge on any atom is 0.331 e. The summed E-state index contributed by atoms with van der Waals surface area (Å²) >= 11 is 0. The minimum atomic E-state index is -0.694. The number of hydrogen-bond acceptors (Lipinski definition) is 7. The number of ketones is 1. The van der Waals surface area contributed by atoms with Gasteiger partial charge in [0.1, 0.15) is 0 Å². The number of Topliss-reactive ketones (excluding diaryl/α,β-unsaturated/α-hetero) is 1. The summed E-state index contributed by atoms with van der Waals surface area (Å²) in [5.74, 6) is 1.93. The van der Waals surface area contributed by atoms with Crippen LogP contribution in [0.4, 0.5) is 5.69 Å². The molecule has 4 bridgehead atoms. The van der Waals surface area contributed by atoms with E-state index in [1.165, 1.54) is 37.5 Å². The highest BCUT2D eigenvalue weighted by atomic mass is 16.7. The van der Waals surface area contributed by atoms with Gasteiger partial charge in [0.25, 0.3) is 5.69 Å². The van der Waals surface area contributed by atoms with Crippen LogP contribution in [-0.4, -0.2) is 30.1 Å². The first-order valence-electron chi connectivity index (χ1n) is 10.4. The molecule has 1 aromatic carbocycles. The molecule has 1 heterocycles. The van der Waals surface area contributed by atoms with Crippen molar-refractivity contribution in [2.45, 2.75) is 38.5 Å². The topological polar surface area (TPSA) is 105 Å². The zero-order valence-electron chi connectivity index (χ0n) is 16.5. The van der Waals surface area contributed by atoms with E-state index in [4.69, 9.17) is 14.2 Å². The molecule has 0 N–H and O–H groups in total. The molecule has 4 fully saturated rings. The van der Waals surface area contributed by atoms with Crippen molar-refractivity contribution in [3.05, 3.63) is 33.9 Å². The highest BCUT2D eigenvalue weighted by Gasteiger charge is 2.54. The van der Waals surface area contributed by atoms with Gasteiger partial charge in [-0.2, -0.15) is 0 Å². The van der Waals surface area contributed by atoms with Crippen LogP contribution >= 0.6 is 0 Å². The van der Waals surface area contributed by atoms with Gasteiger partial charge >= 0.3 is 5.97 Å². The van der Waals surface area contributed by atoms with Gasteiger partial charge < -0.3 is 14.2 Å². The summed E-state index contributed by atoms with van der Waals surface area (Å²) in [5.41, 5.74) is -0.309. The Hall–Kier alpha value is -2.90. The van der Waals surface area contributed by atoms with Crippen LogP contribution in [0.5, 0.6) is 11.5 Å². The molecule has 8 heteroatoms. The van der Waals surface area contributed by atoms with Gasteiger partial charge in [0.2, 0.25) is 6.79 Å². The normalized spacial score (nSPS) is 30.6. The van der Waals surface area contributed by atoms with Crippen LogP contribution in [0.3, 0.4) is 0 Å². The number of nitrogens with zero attached hydrogens (tertiary/aromatic N) is 1. The summed E-state index contributed by atoms with van der Waals surface area (Å²) in [7, 11) is 0. The van der Waals surface area contributed by atoms with Gasteiger partial charge in [-0.1, -0.05) is 0 Å². The van der Waals surface area contributed by atoms with E-state index in [-0.39, 0.29) is 35.8 Å². The van der Waals surface area contributed by atoms with E-state index in [0.29, 0.717) is 29.3 Å². The first-order chi connectivity index (χ1) is 14.4. The van der Waals surface area contributed by atoms with Gasteiger partial charge in [-0.05, 0) is 68.4 Å². The maximum absolute atomic E-state index is 12.9. The molecule has 0 aromatic heterocycles. The number of ether oxygens (including phenoxy) is 3. The van der Waals surface area contributed by atoms with Crippen molar-refractivity contribution in [3.8, 4) is 11.5 Å². The van der Waals surface area contributed by atoms with E-state index >= 15 is 0 Å². The molecule has 158 valence electrons. The van der Waals surface area contributed by atoms with E-state index < -0.39 is 10.9 Å². The Labute approximate surface area is 173 Å². The standard InChI is InChI=1S/C22H23NO7/c24-20(22-8-13-3-14(9-22)5-15(4-13)10-22)11-28-21(25)2-1-16-6-18-19(30-12-29-18)7-17(16)23(26)27/h1-2,6-7,13-15H,3-5,8-12H2/b2-1+. The first-order valence-corrected chi connectivity index (χ1v) is 10.4. The van der Waals surface area contributed by atoms with Gasteiger partial charge in [-0.25, -0.2) is 4.79 Å². The molecule has 0 spiro atoms. The Balaban J connectivity index is 1.23. The van der Waals surface area contributed by atoms with Gasteiger partial charge in [-0.15, -0.1) is 0 Å². The highest BCUT2D eigenvalue weighted by molar-refractivity contribution is 5.92. The zero-order valence-corrected chi connectivity index (χ0v) is 16.5. The Morgan fingerprint density at radius 2 is 1.70 bits per heavy atom. The molecule has 0 amide bonds. The summed E-state index contributed by atoms with van der Waals surface area (Å²) in [6.07, 6.45) is 8.91. The van der Waals surface area contributed by atoms with E-state index in [9.17, 15) is 19.7 Å². The van der Waals surface area contributed by atoms with Crippen molar-refractivity contribution in [1.82, 2.24) is 0 Å². The van der Waals surface area contributed by atoms with E-state index in [1.54, 1.807) is 0 Å². The molecule has 0 radical (unpaired) electrons. The molecule has 4 aliphatic carbocycles. The fraction of sp³-hybridized carbons (Fsp3) is 0.545. The van der Waals surface area contributed by atoms with Crippen molar-refractivity contribution in [1.29, 1.82) is 0 Å². The Morgan fingerprint density at radius 3 is 2.30 bits per heavy atom. The van der Waals surface area contributed by atoms with Crippen LogP contribution in [-0.2, 0) is 14.3 Å². The quantitative estimate of drug-likeness (QED) is 0.303. The zero-order chi connectivity index (χ0) is 20.9. The SMILES string of the molecule is O=C(/C=C/c1cc2c(cc1[N+](=O)[O-])OCO2)OCC(=O)C12CC3CC(CC(C3)C1)C2. The third kappa shape index (κ3) is 3.34. The minimum Gasteiger partial charge on any atom is -0.455 e. The van der Waals surface area contributed by atoms with Crippen molar-refractivity contribution >= 4 is 23.5 Å². The fourth-order valence-electron chi connectivity index (χ4n) is 6.19. The van der Waals surface area contributed by atoms with Crippen molar-refractivity contribution < 1.29 is 28.7 Å². The molecule has 0 saturated heterocycles. The van der Waals surface area contributed by atoms with E-state index in [1.807, 2.05) is 0 Å². The minimum absolute atomic E-state index is 0.00582. The van der Waals surface area contributed by atoms with Crippen molar-refractivity contribution in [2.75, 3.05) is 13.4 Å². The largest absolute Gasteiger partial charge is 0.455 e. The third-order valence-corrected chi connectivity index (χ3v) is 7.09. The Bertz CT molecular complexity index is 916. The van der Waals surface area contributed by atoms with Crippen LogP contribution < -0.4 is 9.47 Å². The molecule has 1 aromatic rings. The number of fused-ring (bicyclic) bond motifs is 1. The number of benzene rings is 1. The van der Waals surface area contributed by atoms with E-state index in [0.717, 1.165) is 25.3 Å². The average molecular weight is 413 g/mol. The number of rotatable bonds is 6. The molecule has 30 heavy (non-hydrogen) atoms. The Kier molecular flexibility index (Phi) is 4.52. The van der Waals surface area contributed by atoms with Gasteiger partial charge in [0.05, 0.1) is 16.6 Å². The van der Waals surface area contributed by atoms with Gasteiger partial charge in [0.15, 0.2) is 23.9 Å². The predicted octanol–water partition coefficient (Wildman–Crippen LogP) is 3.67. The maximum atomic E-state index is 12.9. The van der Waals surface area contributed by atoms with Gasteiger partial charge in [0, 0.05) is 11.5 Å². The van der Waals surface area contributed by atoms with Crippen LogP contribution in [0.1, 0.15) is 44.1 Å². The number of nitro benzene ring substituents is 1. The second-order valence-corrected chi connectivity index (χ2v) is 9.08. The molecule has 6 rings (SSSR count). The second-order valence-electron chi connectivity index (χ2n) is 9.08. The molecular formula is C22H23NO7. The average Bonchev–Trinajstić information content (AvgIpc) is 3.16. The number of carbonyl (C=O) groups excluding carboxylic acids is 2. The molecule has 0 unspecified atom stereocenters. The molecule has 5 aliphatic rings. The molecular weight excluding hydrogens is 390 g/mol. The smallest absolute Gasteiger partial charge is 0.331 e. The third-order valence-electron chi connectivity index (χ3n) is 7.09. The predicted molar refractivity (Wildman–Crippen MR) is 105 cm³/mol. The summed E-state index contributed by atoms with van der Waals surface area (Å²) in [5, 5.41) is 11.3. The highest BCUT2D eigenvalue weighted by Crippen LogP contribution is 2.60. The van der Waals surface area contributed by atoms with Crippen LogP contribution in [0.2, 0.25) is 0 Å². The first kappa shape index (κ1) is 19.1. The second kappa shape index (κ2) is 7.11. The number of esters is 1. The fourth-order valence-corrected chi connectivity index (χ4v) is 6.19. The lowest BCUT2D eigenvalue weighted by molar-refractivity contribution is -0.385. The van der Waals surface area contributed by atoms with Gasteiger partial charge in [-0.3, -0.25) is 14.9 Å². The molecule has 0 atom stereocenters. The van der Waals surface area contributed by atoms with Crippen molar-refractivity contribution in [3.63, 3.8) is 0 Å². The van der Waals surface area contributed by atoms with Crippen LogP contribution in [0, 0.1) is 33.3 Å². The van der Waals surface area contributed by atoms with Crippen LogP contribution in [0.25, 0.3) is 6.08 Å². The van der Waals surface area contributed by atoms with Crippen molar-refractivity contribution in [2.24, 2.45) is 23.2 Å². The molecule has 4 saturated carbocycles. The Morgan fingerprint density at radius 1 is 1.10 bits per heavy atom. The summed E-state index contributed by atoms with van der Waals surface area (Å²) in [6.45, 7) is -0.243. The number of hydrogen-bond donors (Lipinski definition) is 0. The molecule has 1 aliphatic heterocycles. The monoisotopic (exact) mass is 413 g/mol. The number of carbonyl (C=O) groups is 2. The van der Waals surface area contributed by atoms with Crippen LogP contribution in [0.15, 0.2) is 18.2 Å². The lowest BCUT2D eigenvalue weighted by Gasteiger charge is -2.55.